The molecule has 0 bridgehead atoms. The van der Waals surface area contributed by atoms with E-state index in [2.05, 4.69) is 53.3 Å². The smallest absolute Gasteiger partial charge is 0.317 e. The van der Waals surface area contributed by atoms with Crippen molar-refractivity contribution in [2.24, 2.45) is 5.92 Å². The number of amides is 2. The molecule has 22 heavy (non-hydrogen) atoms. The maximum atomic E-state index is 12.1. The average molecular weight is 300 g/mol. The molecule has 2 aromatic rings. The van der Waals surface area contributed by atoms with E-state index in [1.165, 1.54) is 11.1 Å². The van der Waals surface area contributed by atoms with Gasteiger partial charge in [-0.25, -0.2) is 4.79 Å². The Labute approximate surface area is 131 Å². The summed E-state index contributed by atoms with van der Waals surface area (Å²) in [5.74, 6) is 0.483. The fourth-order valence-electron chi connectivity index (χ4n) is 2.90. The lowest BCUT2D eigenvalue weighted by atomic mass is 10.2. The van der Waals surface area contributed by atoms with Gasteiger partial charge in [-0.2, -0.15) is 0 Å². The van der Waals surface area contributed by atoms with Crippen molar-refractivity contribution < 1.29 is 4.79 Å². The normalized spacial score (nSPS) is 15.6. The van der Waals surface area contributed by atoms with Gasteiger partial charge in [0.15, 0.2) is 0 Å². The van der Waals surface area contributed by atoms with Crippen molar-refractivity contribution in [3.8, 4) is 0 Å². The molecule has 1 aliphatic rings. The number of rotatable bonds is 3. The molecule has 0 saturated carbocycles. The fraction of sp³-hybridized carbons (Fsp3) is 0.471. The summed E-state index contributed by atoms with van der Waals surface area (Å²) in [4.78, 5) is 19.6. The lowest BCUT2D eigenvalue weighted by molar-refractivity contribution is 0.193. The number of fused-ring (bicyclic) bond motifs is 1. The van der Waals surface area contributed by atoms with E-state index in [4.69, 9.17) is 0 Å². The number of carbonyl (C=O) groups is 1. The largest absolute Gasteiger partial charge is 0.367 e. The SMILES string of the molecule is CC(C)CNC(=O)N1CCN(c2cccc3[nH]ccc23)CC1. The minimum absolute atomic E-state index is 0.0632. The van der Waals surface area contributed by atoms with E-state index >= 15 is 0 Å². The third-order valence-electron chi connectivity index (χ3n) is 4.14. The van der Waals surface area contributed by atoms with Crippen LogP contribution in [0.25, 0.3) is 10.9 Å². The molecular formula is C17H24N4O. The Morgan fingerprint density at radius 1 is 1.23 bits per heavy atom. The van der Waals surface area contributed by atoms with E-state index in [0.717, 1.165) is 38.2 Å². The molecule has 0 aliphatic carbocycles. The zero-order chi connectivity index (χ0) is 15.5. The van der Waals surface area contributed by atoms with Crippen molar-refractivity contribution >= 4 is 22.6 Å². The Hall–Kier alpha value is -2.17. The molecule has 2 amide bonds. The molecular weight excluding hydrogens is 276 g/mol. The van der Waals surface area contributed by atoms with Gasteiger partial charge in [0.2, 0.25) is 0 Å². The van der Waals surface area contributed by atoms with Crippen LogP contribution in [-0.2, 0) is 0 Å². The second-order valence-electron chi connectivity index (χ2n) is 6.27. The molecule has 0 spiro atoms. The highest BCUT2D eigenvalue weighted by atomic mass is 16.2. The highest BCUT2D eigenvalue weighted by molar-refractivity contribution is 5.92. The molecule has 2 heterocycles. The second-order valence-corrected chi connectivity index (χ2v) is 6.27. The highest BCUT2D eigenvalue weighted by Crippen LogP contribution is 2.26. The summed E-state index contributed by atoms with van der Waals surface area (Å²) in [6, 6.07) is 8.51. The molecule has 1 aromatic heterocycles. The number of urea groups is 1. The van der Waals surface area contributed by atoms with E-state index in [0.29, 0.717) is 5.92 Å². The Morgan fingerprint density at radius 3 is 2.73 bits per heavy atom. The molecule has 118 valence electrons. The lowest BCUT2D eigenvalue weighted by Crippen LogP contribution is -2.52. The molecule has 1 aliphatic heterocycles. The first-order valence-electron chi connectivity index (χ1n) is 7.99. The van der Waals surface area contributed by atoms with Crippen molar-refractivity contribution in [3.63, 3.8) is 0 Å². The van der Waals surface area contributed by atoms with Gasteiger partial charge in [-0.05, 0) is 24.1 Å². The first-order chi connectivity index (χ1) is 10.6. The third kappa shape index (κ3) is 3.03. The van der Waals surface area contributed by atoms with E-state index in [1.807, 2.05) is 11.1 Å². The van der Waals surface area contributed by atoms with Crippen LogP contribution in [0, 0.1) is 5.92 Å². The van der Waals surface area contributed by atoms with Crippen LogP contribution in [0.3, 0.4) is 0 Å². The van der Waals surface area contributed by atoms with Crippen LogP contribution in [0.1, 0.15) is 13.8 Å². The number of aromatic nitrogens is 1. The van der Waals surface area contributed by atoms with Crippen molar-refractivity contribution in [1.29, 1.82) is 0 Å². The Kier molecular flexibility index (Phi) is 4.22. The summed E-state index contributed by atoms with van der Waals surface area (Å²) < 4.78 is 0. The van der Waals surface area contributed by atoms with Crippen LogP contribution < -0.4 is 10.2 Å². The molecule has 0 unspecified atom stereocenters. The van der Waals surface area contributed by atoms with E-state index in [1.54, 1.807) is 0 Å². The van der Waals surface area contributed by atoms with Gasteiger partial charge in [-0.3, -0.25) is 0 Å². The van der Waals surface area contributed by atoms with Crippen molar-refractivity contribution in [1.82, 2.24) is 15.2 Å². The van der Waals surface area contributed by atoms with Crippen LogP contribution in [-0.4, -0.2) is 48.6 Å². The Morgan fingerprint density at radius 2 is 2.00 bits per heavy atom. The number of nitrogens with zero attached hydrogens (tertiary/aromatic N) is 2. The van der Waals surface area contributed by atoms with Gasteiger partial charge in [-0.1, -0.05) is 19.9 Å². The molecule has 3 rings (SSSR count). The van der Waals surface area contributed by atoms with Gasteiger partial charge < -0.3 is 20.1 Å². The van der Waals surface area contributed by atoms with Crippen LogP contribution in [0.2, 0.25) is 0 Å². The molecule has 2 N–H and O–H groups in total. The van der Waals surface area contributed by atoms with Gasteiger partial charge >= 0.3 is 6.03 Å². The first kappa shape index (κ1) is 14.8. The number of hydrogen-bond donors (Lipinski definition) is 2. The van der Waals surface area contributed by atoms with Crippen LogP contribution in [0.4, 0.5) is 10.5 Å². The van der Waals surface area contributed by atoms with Crippen LogP contribution in [0.5, 0.6) is 0 Å². The van der Waals surface area contributed by atoms with Crippen molar-refractivity contribution in [2.45, 2.75) is 13.8 Å². The van der Waals surface area contributed by atoms with Gasteiger partial charge in [0, 0.05) is 55.5 Å². The number of carbonyl (C=O) groups excluding carboxylic acids is 1. The molecule has 0 radical (unpaired) electrons. The highest BCUT2D eigenvalue weighted by Gasteiger charge is 2.22. The number of benzene rings is 1. The van der Waals surface area contributed by atoms with Gasteiger partial charge in [0.1, 0.15) is 0 Å². The predicted octanol–water partition coefficient (Wildman–Crippen LogP) is 2.66. The number of hydrogen-bond acceptors (Lipinski definition) is 2. The minimum atomic E-state index is 0.0632. The number of H-pyrrole nitrogens is 1. The quantitative estimate of drug-likeness (QED) is 0.915. The number of anilines is 1. The lowest BCUT2D eigenvalue weighted by Gasteiger charge is -2.36. The summed E-state index contributed by atoms with van der Waals surface area (Å²) in [6.07, 6.45) is 1.98. The van der Waals surface area contributed by atoms with E-state index in [9.17, 15) is 4.79 Å². The molecule has 1 aromatic carbocycles. The fourth-order valence-corrected chi connectivity index (χ4v) is 2.90. The summed E-state index contributed by atoms with van der Waals surface area (Å²) in [6.45, 7) is 8.24. The van der Waals surface area contributed by atoms with Gasteiger partial charge in [-0.15, -0.1) is 0 Å². The number of nitrogens with one attached hydrogen (secondary N) is 2. The van der Waals surface area contributed by atoms with E-state index in [-0.39, 0.29) is 6.03 Å². The van der Waals surface area contributed by atoms with Crippen molar-refractivity contribution in [3.05, 3.63) is 30.5 Å². The summed E-state index contributed by atoms with van der Waals surface area (Å²) in [5, 5.41) is 4.25. The summed E-state index contributed by atoms with van der Waals surface area (Å²) in [5.41, 5.74) is 2.41. The molecule has 1 fully saturated rings. The molecule has 1 saturated heterocycles. The monoisotopic (exact) mass is 300 g/mol. The van der Waals surface area contributed by atoms with Crippen LogP contribution in [0.15, 0.2) is 30.5 Å². The topological polar surface area (TPSA) is 51.4 Å². The Bertz CT molecular complexity index is 641. The number of piperazine rings is 1. The van der Waals surface area contributed by atoms with Gasteiger partial charge in [0.05, 0.1) is 0 Å². The maximum absolute atomic E-state index is 12.1. The average Bonchev–Trinajstić information content (AvgIpc) is 3.01. The zero-order valence-corrected chi connectivity index (χ0v) is 13.3. The maximum Gasteiger partial charge on any atom is 0.317 e. The van der Waals surface area contributed by atoms with Crippen LogP contribution >= 0.6 is 0 Å². The van der Waals surface area contributed by atoms with Crippen molar-refractivity contribution in [2.75, 3.05) is 37.6 Å². The first-order valence-corrected chi connectivity index (χ1v) is 7.99. The predicted molar refractivity (Wildman–Crippen MR) is 90.3 cm³/mol. The standard InChI is InChI=1S/C17H24N4O/c1-13(2)12-19-17(22)21-10-8-20(9-11-21)16-5-3-4-15-14(16)6-7-18-15/h3-7,13,18H,8-12H2,1-2H3,(H,19,22). The zero-order valence-electron chi connectivity index (χ0n) is 13.3. The molecule has 0 atom stereocenters. The Balaban J connectivity index is 1.62. The van der Waals surface area contributed by atoms with Gasteiger partial charge in [0.25, 0.3) is 0 Å². The molecule has 5 heteroatoms. The number of aromatic amines is 1. The molecule has 5 nitrogen and oxygen atoms in total. The van der Waals surface area contributed by atoms with E-state index < -0.39 is 0 Å². The second kappa shape index (κ2) is 6.30. The summed E-state index contributed by atoms with van der Waals surface area (Å²) in [7, 11) is 0. The minimum Gasteiger partial charge on any atom is -0.367 e. The third-order valence-corrected chi connectivity index (χ3v) is 4.14. The summed E-state index contributed by atoms with van der Waals surface area (Å²) >= 11 is 0.